The maximum atomic E-state index is 12.0. The van der Waals surface area contributed by atoms with Gasteiger partial charge in [0.05, 0.1) is 10.2 Å². The number of hydrogen-bond acceptors (Lipinski definition) is 2. The molecule has 0 atom stereocenters. The standard InChI is InChI=1S/C13H10BrClN2O/c14-11-8-16-6-5-12(11)17-13(18)10-3-1-9(7-15)2-4-10/h1-6,8H,7H2,(H,16,17,18). The molecule has 0 bridgehead atoms. The Bertz CT molecular complexity index is 557. The molecule has 0 saturated carbocycles. The minimum Gasteiger partial charge on any atom is -0.321 e. The smallest absolute Gasteiger partial charge is 0.255 e. The Kier molecular flexibility index (Phi) is 4.33. The number of amides is 1. The Morgan fingerprint density at radius 2 is 2.00 bits per heavy atom. The third-order valence-electron chi connectivity index (χ3n) is 2.39. The van der Waals surface area contributed by atoms with Gasteiger partial charge in [-0.05, 0) is 39.7 Å². The van der Waals surface area contributed by atoms with Gasteiger partial charge in [-0.3, -0.25) is 9.78 Å². The van der Waals surface area contributed by atoms with Crippen molar-refractivity contribution in [3.05, 3.63) is 58.3 Å². The fraction of sp³-hybridized carbons (Fsp3) is 0.0769. The van der Waals surface area contributed by atoms with Crippen LogP contribution in [0.3, 0.4) is 0 Å². The lowest BCUT2D eigenvalue weighted by molar-refractivity contribution is 0.102. The van der Waals surface area contributed by atoms with Crippen LogP contribution in [0.1, 0.15) is 15.9 Å². The molecule has 1 aromatic carbocycles. The highest BCUT2D eigenvalue weighted by molar-refractivity contribution is 9.10. The van der Waals surface area contributed by atoms with E-state index in [4.69, 9.17) is 11.6 Å². The van der Waals surface area contributed by atoms with E-state index in [0.717, 1.165) is 10.0 Å². The Hall–Kier alpha value is -1.39. The van der Waals surface area contributed by atoms with Crippen molar-refractivity contribution in [2.45, 2.75) is 5.88 Å². The average Bonchev–Trinajstić information content (AvgIpc) is 2.41. The van der Waals surface area contributed by atoms with Gasteiger partial charge < -0.3 is 5.32 Å². The van der Waals surface area contributed by atoms with E-state index in [1.807, 2.05) is 12.1 Å². The first-order chi connectivity index (χ1) is 8.70. The van der Waals surface area contributed by atoms with Crippen LogP contribution in [-0.2, 0) is 5.88 Å². The highest BCUT2D eigenvalue weighted by atomic mass is 79.9. The van der Waals surface area contributed by atoms with Crippen molar-refractivity contribution < 1.29 is 4.79 Å². The third kappa shape index (κ3) is 3.09. The van der Waals surface area contributed by atoms with Crippen molar-refractivity contribution >= 4 is 39.1 Å². The van der Waals surface area contributed by atoms with E-state index in [9.17, 15) is 4.79 Å². The molecule has 0 unspecified atom stereocenters. The van der Waals surface area contributed by atoms with Crippen LogP contribution in [0.4, 0.5) is 5.69 Å². The van der Waals surface area contributed by atoms with Crippen molar-refractivity contribution in [1.29, 1.82) is 0 Å². The fourth-order valence-electron chi connectivity index (χ4n) is 1.42. The number of nitrogens with zero attached hydrogens (tertiary/aromatic N) is 1. The van der Waals surface area contributed by atoms with Crippen LogP contribution in [0, 0.1) is 0 Å². The minimum atomic E-state index is -0.164. The summed E-state index contributed by atoms with van der Waals surface area (Å²) in [6.07, 6.45) is 3.25. The monoisotopic (exact) mass is 324 g/mol. The van der Waals surface area contributed by atoms with Gasteiger partial charge in [0, 0.05) is 23.8 Å². The van der Waals surface area contributed by atoms with Crippen LogP contribution >= 0.6 is 27.5 Å². The third-order valence-corrected chi connectivity index (χ3v) is 3.33. The molecule has 1 aromatic heterocycles. The van der Waals surface area contributed by atoms with Crippen molar-refractivity contribution in [3.8, 4) is 0 Å². The SMILES string of the molecule is O=C(Nc1ccncc1Br)c1ccc(CCl)cc1. The molecule has 1 amide bonds. The van der Waals surface area contributed by atoms with Crippen LogP contribution in [-0.4, -0.2) is 10.9 Å². The van der Waals surface area contributed by atoms with E-state index in [1.165, 1.54) is 0 Å². The second-order valence-electron chi connectivity index (χ2n) is 3.64. The molecule has 0 spiro atoms. The Morgan fingerprint density at radius 1 is 1.28 bits per heavy atom. The normalized spacial score (nSPS) is 10.1. The van der Waals surface area contributed by atoms with Gasteiger partial charge in [-0.15, -0.1) is 11.6 Å². The molecule has 2 rings (SSSR count). The summed E-state index contributed by atoms with van der Waals surface area (Å²) in [5.74, 6) is 0.278. The topological polar surface area (TPSA) is 42.0 Å². The van der Waals surface area contributed by atoms with Crippen molar-refractivity contribution in [2.75, 3.05) is 5.32 Å². The maximum absolute atomic E-state index is 12.0. The number of carbonyl (C=O) groups is 1. The second-order valence-corrected chi connectivity index (χ2v) is 4.76. The summed E-state index contributed by atoms with van der Waals surface area (Å²) in [4.78, 5) is 15.9. The number of halogens is 2. The van der Waals surface area contributed by atoms with E-state index in [0.29, 0.717) is 17.1 Å². The van der Waals surface area contributed by atoms with Gasteiger partial charge in [0.1, 0.15) is 0 Å². The van der Waals surface area contributed by atoms with Gasteiger partial charge in [-0.25, -0.2) is 0 Å². The number of nitrogens with one attached hydrogen (secondary N) is 1. The average molecular weight is 326 g/mol. The van der Waals surface area contributed by atoms with Crippen LogP contribution in [0.2, 0.25) is 0 Å². The zero-order valence-corrected chi connectivity index (χ0v) is 11.7. The van der Waals surface area contributed by atoms with E-state index >= 15 is 0 Å². The minimum absolute atomic E-state index is 0.164. The zero-order chi connectivity index (χ0) is 13.0. The summed E-state index contributed by atoms with van der Waals surface area (Å²) in [6.45, 7) is 0. The molecule has 0 aliphatic rings. The van der Waals surface area contributed by atoms with Crippen molar-refractivity contribution in [3.63, 3.8) is 0 Å². The highest BCUT2D eigenvalue weighted by Crippen LogP contribution is 2.20. The second kappa shape index (κ2) is 5.98. The van der Waals surface area contributed by atoms with E-state index in [2.05, 4.69) is 26.2 Å². The number of rotatable bonds is 3. The molecule has 2 aromatic rings. The van der Waals surface area contributed by atoms with Gasteiger partial charge in [0.2, 0.25) is 0 Å². The molecule has 0 aliphatic carbocycles. The van der Waals surface area contributed by atoms with Crippen molar-refractivity contribution in [2.24, 2.45) is 0 Å². The van der Waals surface area contributed by atoms with Gasteiger partial charge in [0.15, 0.2) is 0 Å². The number of alkyl halides is 1. The molecular formula is C13H10BrClN2O. The number of hydrogen-bond donors (Lipinski definition) is 1. The lowest BCUT2D eigenvalue weighted by atomic mass is 10.1. The molecular weight excluding hydrogens is 316 g/mol. The lowest BCUT2D eigenvalue weighted by Gasteiger charge is -2.07. The number of pyridine rings is 1. The molecule has 3 nitrogen and oxygen atoms in total. The van der Waals surface area contributed by atoms with E-state index in [-0.39, 0.29) is 5.91 Å². The van der Waals surface area contributed by atoms with Crippen LogP contribution in [0.25, 0.3) is 0 Å². The summed E-state index contributed by atoms with van der Waals surface area (Å²) in [5, 5.41) is 2.81. The fourth-order valence-corrected chi connectivity index (χ4v) is 1.94. The number of benzene rings is 1. The molecule has 0 fully saturated rings. The Morgan fingerprint density at radius 3 is 2.61 bits per heavy atom. The van der Waals surface area contributed by atoms with E-state index < -0.39 is 0 Å². The molecule has 0 saturated heterocycles. The van der Waals surface area contributed by atoms with Gasteiger partial charge in [-0.2, -0.15) is 0 Å². The predicted octanol–water partition coefficient (Wildman–Crippen LogP) is 3.84. The van der Waals surface area contributed by atoms with Gasteiger partial charge in [-0.1, -0.05) is 12.1 Å². The van der Waals surface area contributed by atoms with E-state index in [1.54, 1.807) is 30.6 Å². The number of aromatic nitrogens is 1. The number of carbonyl (C=O) groups excluding carboxylic acids is 1. The molecule has 0 radical (unpaired) electrons. The summed E-state index contributed by atoms with van der Waals surface area (Å²) < 4.78 is 0.746. The Balaban J connectivity index is 2.14. The van der Waals surface area contributed by atoms with Gasteiger partial charge >= 0.3 is 0 Å². The first-order valence-electron chi connectivity index (χ1n) is 5.26. The van der Waals surface area contributed by atoms with Crippen molar-refractivity contribution in [1.82, 2.24) is 4.98 Å². The molecule has 0 aliphatic heterocycles. The van der Waals surface area contributed by atoms with Crippen LogP contribution in [0.5, 0.6) is 0 Å². The molecule has 5 heteroatoms. The van der Waals surface area contributed by atoms with Gasteiger partial charge in [0.25, 0.3) is 5.91 Å². The lowest BCUT2D eigenvalue weighted by Crippen LogP contribution is -2.12. The summed E-state index contributed by atoms with van der Waals surface area (Å²) in [7, 11) is 0. The highest BCUT2D eigenvalue weighted by Gasteiger charge is 2.07. The predicted molar refractivity (Wildman–Crippen MR) is 75.9 cm³/mol. The Labute approximate surface area is 118 Å². The first-order valence-corrected chi connectivity index (χ1v) is 6.59. The number of anilines is 1. The summed E-state index contributed by atoms with van der Waals surface area (Å²) in [5.41, 5.74) is 2.27. The molecule has 1 heterocycles. The quantitative estimate of drug-likeness (QED) is 0.871. The molecule has 1 N–H and O–H groups in total. The summed E-state index contributed by atoms with van der Waals surface area (Å²) in [6, 6.07) is 8.91. The maximum Gasteiger partial charge on any atom is 0.255 e. The van der Waals surface area contributed by atoms with Crippen LogP contribution < -0.4 is 5.32 Å². The first kappa shape index (κ1) is 13.1. The molecule has 92 valence electrons. The largest absolute Gasteiger partial charge is 0.321 e. The zero-order valence-electron chi connectivity index (χ0n) is 9.36. The molecule has 18 heavy (non-hydrogen) atoms. The summed E-state index contributed by atoms with van der Waals surface area (Å²) >= 11 is 9.02. The van der Waals surface area contributed by atoms with Crippen LogP contribution in [0.15, 0.2) is 47.2 Å².